The number of hydrogen-bond donors (Lipinski definition) is 2. The van der Waals surface area contributed by atoms with Gasteiger partial charge in [0, 0.05) is 29.5 Å². The second-order valence-electron chi connectivity index (χ2n) is 8.06. The van der Waals surface area contributed by atoms with E-state index in [9.17, 15) is 19.2 Å². The van der Waals surface area contributed by atoms with Crippen molar-refractivity contribution in [1.29, 1.82) is 0 Å². The number of rotatable bonds is 9. The largest absolute Gasteiger partial charge is 0.484 e. The Balaban J connectivity index is 1.38. The average Bonchev–Trinajstić information content (AvgIpc) is 3.11. The summed E-state index contributed by atoms with van der Waals surface area (Å²) >= 11 is 0. The van der Waals surface area contributed by atoms with E-state index in [1.54, 1.807) is 36.4 Å². The highest BCUT2D eigenvalue weighted by molar-refractivity contribution is 6.22. The Morgan fingerprint density at radius 1 is 0.829 bits per heavy atom. The number of para-hydroxylation sites is 1. The lowest BCUT2D eigenvalue weighted by Gasteiger charge is -2.12. The number of carbonyl (C=O) groups is 4. The van der Waals surface area contributed by atoms with Crippen LogP contribution < -0.4 is 15.4 Å². The quantitative estimate of drug-likeness (QED) is 0.452. The average molecular weight is 472 g/mol. The van der Waals surface area contributed by atoms with Crippen LogP contribution in [0.1, 0.15) is 50.8 Å². The molecular formula is C27H25N3O5. The van der Waals surface area contributed by atoms with Crippen molar-refractivity contribution in [2.24, 2.45) is 0 Å². The van der Waals surface area contributed by atoms with Gasteiger partial charge in [-0.1, -0.05) is 37.6 Å². The number of fused-ring (bicyclic) bond motifs is 1. The van der Waals surface area contributed by atoms with Crippen molar-refractivity contribution in [2.75, 3.05) is 23.8 Å². The molecule has 2 N–H and O–H groups in total. The molecule has 8 nitrogen and oxygen atoms in total. The third-order valence-electron chi connectivity index (χ3n) is 5.49. The molecule has 0 atom stereocenters. The van der Waals surface area contributed by atoms with Crippen LogP contribution in [-0.4, -0.2) is 41.7 Å². The van der Waals surface area contributed by atoms with E-state index in [1.165, 1.54) is 23.1 Å². The molecule has 3 aromatic rings. The smallest absolute Gasteiger partial charge is 0.262 e. The van der Waals surface area contributed by atoms with Gasteiger partial charge < -0.3 is 15.4 Å². The molecule has 0 radical (unpaired) electrons. The Labute approximate surface area is 202 Å². The normalized spacial score (nSPS) is 12.3. The van der Waals surface area contributed by atoms with E-state index in [0.29, 0.717) is 29.2 Å². The van der Waals surface area contributed by atoms with Crippen LogP contribution in [0.25, 0.3) is 0 Å². The predicted molar refractivity (Wildman–Crippen MR) is 132 cm³/mol. The number of nitrogens with zero attached hydrogens (tertiary/aromatic N) is 1. The molecule has 4 amide bonds. The van der Waals surface area contributed by atoms with Gasteiger partial charge in [-0.15, -0.1) is 0 Å². The van der Waals surface area contributed by atoms with Gasteiger partial charge in [-0.3, -0.25) is 24.1 Å². The third-order valence-corrected chi connectivity index (χ3v) is 5.49. The molecule has 0 aromatic heterocycles. The van der Waals surface area contributed by atoms with Crippen LogP contribution in [0, 0.1) is 0 Å². The summed E-state index contributed by atoms with van der Waals surface area (Å²) in [7, 11) is 0. The molecule has 0 saturated carbocycles. The molecule has 1 heterocycles. The van der Waals surface area contributed by atoms with Gasteiger partial charge in [-0.25, -0.2) is 0 Å². The Morgan fingerprint density at radius 3 is 2.34 bits per heavy atom. The second kappa shape index (κ2) is 10.6. The monoisotopic (exact) mass is 471 g/mol. The number of unbranched alkanes of at least 4 members (excludes halogenated alkanes) is 1. The minimum absolute atomic E-state index is 0.193. The lowest BCUT2D eigenvalue weighted by molar-refractivity contribution is -0.118. The first kappa shape index (κ1) is 23.7. The van der Waals surface area contributed by atoms with Crippen molar-refractivity contribution in [1.82, 2.24) is 4.90 Å². The topological polar surface area (TPSA) is 105 Å². The fourth-order valence-electron chi connectivity index (χ4n) is 3.69. The minimum atomic E-state index is -0.431. The van der Waals surface area contributed by atoms with Gasteiger partial charge in [-0.05, 0) is 48.9 Å². The van der Waals surface area contributed by atoms with Crippen molar-refractivity contribution in [3.8, 4) is 5.75 Å². The summed E-state index contributed by atoms with van der Waals surface area (Å²) in [5, 5.41) is 5.49. The van der Waals surface area contributed by atoms with E-state index in [1.807, 2.05) is 25.1 Å². The molecule has 4 rings (SSSR count). The lowest BCUT2D eigenvalue weighted by Crippen LogP contribution is -2.30. The van der Waals surface area contributed by atoms with Crippen LogP contribution in [0.3, 0.4) is 0 Å². The van der Waals surface area contributed by atoms with Gasteiger partial charge >= 0.3 is 0 Å². The molecule has 0 fully saturated rings. The zero-order valence-electron chi connectivity index (χ0n) is 19.2. The molecule has 178 valence electrons. The Kier molecular flexibility index (Phi) is 7.21. The fourth-order valence-corrected chi connectivity index (χ4v) is 3.69. The van der Waals surface area contributed by atoms with Crippen LogP contribution in [0.4, 0.5) is 11.4 Å². The SMILES string of the molecule is CCCCN1C(=O)c2ccc(C(=O)Nc3cccc(OCC(=O)Nc4ccccc4)c3)cc2C1=O. The maximum Gasteiger partial charge on any atom is 0.262 e. The van der Waals surface area contributed by atoms with Gasteiger partial charge in [0.25, 0.3) is 23.6 Å². The standard InChI is InChI=1S/C27H25N3O5/c1-2-3-14-30-26(33)22-13-12-18(15-23(22)27(30)34)25(32)29-20-10-7-11-21(16-20)35-17-24(31)28-19-8-5-4-6-9-19/h4-13,15-16H,2-3,14,17H2,1H3,(H,28,31)(H,29,32). The number of amides is 4. The molecule has 1 aliphatic heterocycles. The number of hydrogen-bond acceptors (Lipinski definition) is 5. The highest BCUT2D eigenvalue weighted by atomic mass is 16.5. The van der Waals surface area contributed by atoms with Crippen LogP contribution in [0.15, 0.2) is 72.8 Å². The van der Waals surface area contributed by atoms with Crippen molar-refractivity contribution in [2.45, 2.75) is 19.8 Å². The van der Waals surface area contributed by atoms with E-state index in [2.05, 4.69) is 10.6 Å². The molecule has 0 bridgehead atoms. The van der Waals surface area contributed by atoms with Gasteiger partial charge in [0.05, 0.1) is 11.1 Å². The summed E-state index contributed by atoms with van der Waals surface area (Å²) in [6.45, 7) is 2.16. The summed E-state index contributed by atoms with van der Waals surface area (Å²) in [6, 6.07) is 20.2. The van der Waals surface area contributed by atoms with E-state index >= 15 is 0 Å². The second-order valence-corrected chi connectivity index (χ2v) is 8.06. The van der Waals surface area contributed by atoms with E-state index in [4.69, 9.17) is 4.74 Å². The number of benzene rings is 3. The van der Waals surface area contributed by atoms with Gasteiger partial charge in [0.15, 0.2) is 6.61 Å². The van der Waals surface area contributed by atoms with E-state index in [-0.39, 0.29) is 35.5 Å². The Bertz CT molecular complexity index is 1270. The van der Waals surface area contributed by atoms with Gasteiger partial charge in [0.1, 0.15) is 5.75 Å². The number of carbonyl (C=O) groups excluding carboxylic acids is 4. The Morgan fingerprint density at radius 2 is 1.57 bits per heavy atom. The predicted octanol–water partition coefficient (Wildman–Crippen LogP) is 4.35. The first-order chi connectivity index (χ1) is 17.0. The first-order valence-corrected chi connectivity index (χ1v) is 11.4. The molecule has 0 saturated heterocycles. The first-order valence-electron chi connectivity index (χ1n) is 11.4. The van der Waals surface area contributed by atoms with Crippen molar-refractivity contribution < 1.29 is 23.9 Å². The maximum atomic E-state index is 12.8. The molecule has 35 heavy (non-hydrogen) atoms. The zero-order valence-corrected chi connectivity index (χ0v) is 19.2. The minimum Gasteiger partial charge on any atom is -0.484 e. The number of ether oxygens (including phenoxy) is 1. The van der Waals surface area contributed by atoms with Gasteiger partial charge in [-0.2, -0.15) is 0 Å². The highest BCUT2D eigenvalue weighted by Gasteiger charge is 2.35. The van der Waals surface area contributed by atoms with Crippen LogP contribution in [0.5, 0.6) is 5.75 Å². The molecule has 8 heteroatoms. The van der Waals surface area contributed by atoms with Crippen LogP contribution >= 0.6 is 0 Å². The molecule has 0 unspecified atom stereocenters. The summed E-state index contributed by atoms with van der Waals surface area (Å²) in [6.07, 6.45) is 1.59. The van der Waals surface area contributed by atoms with Crippen LogP contribution in [-0.2, 0) is 4.79 Å². The Hall–Kier alpha value is -4.46. The third kappa shape index (κ3) is 5.55. The molecular weight excluding hydrogens is 446 g/mol. The number of anilines is 2. The summed E-state index contributed by atoms with van der Waals surface area (Å²) < 4.78 is 5.55. The summed E-state index contributed by atoms with van der Waals surface area (Å²) in [5.74, 6) is -1.04. The highest BCUT2D eigenvalue weighted by Crippen LogP contribution is 2.25. The van der Waals surface area contributed by atoms with Crippen molar-refractivity contribution in [3.05, 3.63) is 89.5 Å². The van der Waals surface area contributed by atoms with Gasteiger partial charge in [0.2, 0.25) is 0 Å². The maximum absolute atomic E-state index is 12.8. The molecule has 0 aliphatic carbocycles. The number of imide groups is 1. The fraction of sp³-hybridized carbons (Fsp3) is 0.185. The molecule has 1 aliphatic rings. The molecule has 0 spiro atoms. The lowest BCUT2D eigenvalue weighted by atomic mass is 10.1. The van der Waals surface area contributed by atoms with Crippen LogP contribution in [0.2, 0.25) is 0 Å². The van der Waals surface area contributed by atoms with Crippen molar-refractivity contribution >= 4 is 35.0 Å². The van der Waals surface area contributed by atoms with E-state index < -0.39 is 5.91 Å². The van der Waals surface area contributed by atoms with Crippen molar-refractivity contribution in [3.63, 3.8) is 0 Å². The molecule has 3 aromatic carbocycles. The summed E-state index contributed by atoms with van der Waals surface area (Å²) in [5.41, 5.74) is 1.94. The number of nitrogens with one attached hydrogen (secondary N) is 2. The summed E-state index contributed by atoms with van der Waals surface area (Å²) in [4.78, 5) is 51.3. The van der Waals surface area contributed by atoms with E-state index in [0.717, 1.165) is 12.8 Å². The zero-order chi connectivity index (χ0) is 24.8.